The van der Waals surface area contributed by atoms with Gasteiger partial charge in [-0.15, -0.1) is 5.10 Å². The molecule has 2 N–H and O–H groups in total. The summed E-state index contributed by atoms with van der Waals surface area (Å²) in [6, 6.07) is 15.3. The topological polar surface area (TPSA) is 66.0 Å². The molecular formula is C16H16N4O. The summed E-state index contributed by atoms with van der Waals surface area (Å²) < 4.78 is 7.35. The molecule has 2 aromatic carbocycles. The Hall–Kier alpha value is -2.82. The maximum Gasteiger partial charge on any atom is 0.128 e. The van der Waals surface area contributed by atoms with Crippen LogP contribution in [0.25, 0.3) is 16.9 Å². The maximum atomic E-state index is 5.69. The summed E-state index contributed by atoms with van der Waals surface area (Å²) in [4.78, 5) is 0. The van der Waals surface area contributed by atoms with Crippen LogP contribution < -0.4 is 10.5 Å². The smallest absolute Gasteiger partial charge is 0.128 e. The van der Waals surface area contributed by atoms with E-state index in [4.69, 9.17) is 10.5 Å². The highest BCUT2D eigenvalue weighted by molar-refractivity contribution is 5.66. The van der Waals surface area contributed by atoms with Gasteiger partial charge in [0.1, 0.15) is 11.4 Å². The van der Waals surface area contributed by atoms with E-state index in [0.717, 1.165) is 28.4 Å². The first-order chi connectivity index (χ1) is 10.3. The van der Waals surface area contributed by atoms with Gasteiger partial charge in [0.2, 0.25) is 0 Å². The normalized spacial score (nSPS) is 10.5. The van der Waals surface area contributed by atoms with Crippen molar-refractivity contribution in [3.05, 3.63) is 54.7 Å². The second-order valence-corrected chi connectivity index (χ2v) is 4.57. The fraction of sp³-hybridized carbons (Fsp3) is 0.125. The van der Waals surface area contributed by atoms with Crippen LogP contribution in [0.4, 0.5) is 5.69 Å². The van der Waals surface area contributed by atoms with Crippen LogP contribution in [0.1, 0.15) is 6.92 Å². The second kappa shape index (κ2) is 5.66. The first-order valence-corrected chi connectivity index (χ1v) is 6.78. The highest BCUT2D eigenvalue weighted by Crippen LogP contribution is 2.28. The molecule has 0 saturated heterocycles. The third-order valence-corrected chi connectivity index (χ3v) is 3.11. The summed E-state index contributed by atoms with van der Waals surface area (Å²) >= 11 is 0. The van der Waals surface area contributed by atoms with E-state index in [1.165, 1.54) is 0 Å². The summed E-state index contributed by atoms with van der Waals surface area (Å²) in [7, 11) is 0. The lowest BCUT2D eigenvalue weighted by atomic mass is 10.1. The Bertz CT molecular complexity index is 734. The van der Waals surface area contributed by atoms with Crippen LogP contribution in [-0.2, 0) is 0 Å². The van der Waals surface area contributed by atoms with E-state index >= 15 is 0 Å². The Kier molecular flexibility index (Phi) is 3.55. The van der Waals surface area contributed by atoms with E-state index in [1.54, 1.807) is 4.68 Å². The minimum atomic E-state index is 0.614. The largest absolute Gasteiger partial charge is 0.493 e. The fourth-order valence-electron chi connectivity index (χ4n) is 2.10. The lowest BCUT2D eigenvalue weighted by Crippen LogP contribution is -1.95. The number of aromatic nitrogens is 3. The Balaban J connectivity index is 1.97. The molecule has 1 aromatic heterocycles. The molecule has 0 amide bonds. The van der Waals surface area contributed by atoms with Gasteiger partial charge in [-0.3, -0.25) is 0 Å². The predicted molar refractivity (Wildman–Crippen MR) is 82.4 cm³/mol. The second-order valence-electron chi connectivity index (χ2n) is 4.57. The number of hydrogen-bond acceptors (Lipinski definition) is 4. The van der Waals surface area contributed by atoms with Crippen molar-refractivity contribution in [1.29, 1.82) is 0 Å². The molecule has 5 heteroatoms. The molecule has 3 aromatic rings. The minimum Gasteiger partial charge on any atom is -0.493 e. The highest BCUT2D eigenvalue weighted by atomic mass is 16.5. The van der Waals surface area contributed by atoms with Crippen LogP contribution in [0.3, 0.4) is 0 Å². The molecule has 0 aliphatic heterocycles. The average Bonchev–Trinajstić information content (AvgIpc) is 2.99. The van der Waals surface area contributed by atoms with Crippen molar-refractivity contribution in [3.63, 3.8) is 0 Å². The molecule has 21 heavy (non-hydrogen) atoms. The van der Waals surface area contributed by atoms with Gasteiger partial charge in [-0.2, -0.15) is 0 Å². The SMILES string of the molecule is CCOc1ccccc1-c1cn(-c2ccc(N)cc2)nn1. The summed E-state index contributed by atoms with van der Waals surface area (Å²) in [6.07, 6.45) is 1.88. The molecule has 0 atom stereocenters. The van der Waals surface area contributed by atoms with Crippen molar-refractivity contribution < 1.29 is 4.74 Å². The van der Waals surface area contributed by atoms with Crippen molar-refractivity contribution in [2.75, 3.05) is 12.3 Å². The number of nitrogen functional groups attached to an aromatic ring is 1. The molecule has 0 fully saturated rings. The lowest BCUT2D eigenvalue weighted by molar-refractivity contribution is 0.341. The quantitative estimate of drug-likeness (QED) is 0.746. The van der Waals surface area contributed by atoms with Crippen LogP contribution in [0.5, 0.6) is 5.75 Å². The van der Waals surface area contributed by atoms with Gasteiger partial charge in [-0.05, 0) is 43.3 Å². The van der Waals surface area contributed by atoms with Gasteiger partial charge in [-0.25, -0.2) is 4.68 Å². The number of nitrogens with two attached hydrogens (primary N) is 1. The average molecular weight is 280 g/mol. The van der Waals surface area contributed by atoms with E-state index in [2.05, 4.69) is 10.3 Å². The summed E-state index contributed by atoms with van der Waals surface area (Å²) in [6.45, 7) is 2.57. The zero-order chi connectivity index (χ0) is 14.7. The lowest BCUT2D eigenvalue weighted by Gasteiger charge is -2.06. The first-order valence-electron chi connectivity index (χ1n) is 6.78. The predicted octanol–water partition coefficient (Wildman–Crippen LogP) is 2.92. The molecule has 0 radical (unpaired) electrons. The first kappa shape index (κ1) is 13.2. The van der Waals surface area contributed by atoms with Crippen molar-refractivity contribution in [3.8, 4) is 22.7 Å². The molecule has 0 unspecified atom stereocenters. The number of benzene rings is 2. The van der Waals surface area contributed by atoms with Gasteiger partial charge in [0, 0.05) is 11.3 Å². The molecule has 1 heterocycles. The van der Waals surface area contributed by atoms with E-state index in [1.807, 2.05) is 61.7 Å². The zero-order valence-electron chi connectivity index (χ0n) is 11.7. The number of rotatable bonds is 4. The molecular weight excluding hydrogens is 264 g/mol. The van der Waals surface area contributed by atoms with Crippen LogP contribution in [0.2, 0.25) is 0 Å². The van der Waals surface area contributed by atoms with E-state index in [-0.39, 0.29) is 0 Å². The molecule has 0 spiro atoms. The van der Waals surface area contributed by atoms with Crippen LogP contribution in [-0.4, -0.2) is 21.6 Å². The van der Waals surface area contributed by atoms with Gasteiger partial charge >= 0.3 is 0 Å². The maximum absolute atomic E-state index is 5.69. The molecule has 3 rings (SSSR count). The van der Waals surface area contributed by atoms with Crippen molar-refractivity contribution in [1.82, 2.24) is 15.0 Å². The summed E-state index contributed by atoms with van der Waals surface area (Å²) in [5.41, 5.74) is 9.03. The Morgan fingerprint density at radius 2 is 1.86 bits per heavy atom. The van der Waals surface area contributed by atoms with Gasteiger partial charge in [0.15, 0.2) is 0 Å². The number of para-hydroxylation sites is 1. The van der Waals surface area contributed by atoms with Gasteiger partial charge < -0.3 is 10.5 Å². The molecule has 5 nitrogen and oxygen atoms in total. The van der Waals surface area contributed by atoms with Gasteiger partial charge in [0.25, 0.3) is 0 Å². The molecule has 0 saturated carbocycles. The summed E-state index contributed by atoms with van der Waals surface area (Å²) in [5.74, 6) is 0.810. The van der Waals surface area contributed by atoms with Gasteiger partial charge in [0.05, 0.1) is 18.5 Å². The Morgan fingerprint density at radius 3 is 2.62 bits per heavy atom. The van der Waals surface area contributed by atoms with E-state index in [0.29, 0.717) is 6.61 Å². The van der Waals surface area contributed by atoms with Gasteiger partial charge in [-0.1, -0.05) is 17.3 Å². The highest BCUT2D eigenvalue weighted by Gasteiger charge is 2.10. The molecule has 0 aliphatic rings. The summed E-state index contributed by atoms with van der Waals surface area (Å²) in [5, 5.41) is 8.39. The fourth-order valence-corrected chi connectivity index (χ4v) is 2.10. The third kappa shape index (κ3) is 2.72. The van der Waals surface area contributed by atoms with Crippen molar-refractivity contribution in [2.24, 2.45) is 0 Å². The van der Waals surface area contributed by atoms with Crippen LogP contribution >= 0.6 is 0 Å². The van der Waals surface area contributed by atoms with E-state index < -0.39 is 0 Å². The van der Waals surface area contributed by atoms with Crippen LogP contribution in [0.15, 0.2) is 54.7 Å². The number of nitrogens with zero attached hydrogens (tertiary/aromatic N) is 3. The monoisotopic (exact) mass is 280 g/mol. The van der Waals surface area contributed by atoms with E-state index in [9.17, 15) is 0 Å². The minimum absolute atomic E-state index is 0.614. The van der Waals surface area contributed by atoms with Crippen LogP contribution in [0, 0.1) is 0 Å². The Morgan fingerprint density at radius 1 is 1.10 bits per heavy atom. The third-order valence-electron chi connectivity index (χ3n) is 3.11. The zero-order valence-corrected chi connectivity index (χ0v) is 11.7. The molecule has 0 bridgehead atoms. The Labute approximate surface area is 123 Å². The molecule has 106 valence electrons. The van der Waals surface area contributed by atoms with Crippen molar-refractivity contribution >= 4 is 5.69 Å². The number of hydrogen-bond donors (Lipinski definition) is 1. The number of anilines is 1. The molecule has 0 aliphatic carbocycles. The van der Waals surface area contributed by atoms with Crippen molar-refractivity contribution in [2.45, 2.75) is 6.92 Å². The standard InChI is InChI=1S/C16H16N4O/c1-2-21-16-6-4-3-5-14(16)15-11-20(19-18-15)13-9-7-12(17)8-10-13/h3-11H,2,17H2,1H3. The number of ether oxygens (including phenoxy) is 1.